The Kier molecular flexibility index (Phi) is 11.8. The van der Waals surface area contributed by atoms with Crippen LogP contribution in [0.2, 0.25) is 0 Å². The van der Waals surface area contributed by atoms with Gasteiger partial charge in [-0.1, -0.05) is 64.0 Å². The van der Waals surface area contributed by atoms with Crippen molar-refractivity contribution in [3.63, 3.8) is 0 Å². The first-order chi connectivity index (χ1) is 18.2. The Hall–Kier alpha value is -2.20. The highest BCUT2D eigenvalue weighted by Gasteiger charge is 2.57. The largest absolute Gasteiger partial charge is 0.469 e. The van der Waals surface area contributed by atoms with E-state index in [0.29, 0.717) is 12.3 Å². The topological polar surface area (TPSA) is 102 Å². The van der Waals surface area contributed by atoms with Gasteiger partial charge in [0.1, 0.15) is 24.4 Å². The van der Waals surface area contributed by atoms with E-state index in [9.17, 15) is 9.59 Å². The minimum Gasteiger partial charge on any atom is -0.469 e. The molecule has 1 aromatic carbocycles. The summed E-state index contributed by atoms with van der Waals surface area (Å²) in [5.74, 6) is -1.09. The van der Waals surface area contributed by atoms with Crippen molar-refractivity contribution >= 4 is 17.7 Å². The first-order valence-electron chi connectivity index (χ1n) is 14.0. The molecule has 0 aliphatic carbocycles. The van der Waals surface area contributed by atoms with Crippen LogP contribution in [-0.4, -0.2) is 62.3 Å². The molecule has 0 unspecified atom stereocenters. The summed E-state index contributed by atoms with van der Waals surface area (Å²) in [6.45, 7) is 8.30. The quantitative estimate of drug-likeness (QED) is 0.224. The van der Waals surface area contributed by atoms with Crippen molar-refractivity contribution in [2.75, 3.05) is 19.0 Å². The van der Waals surface area contributed by atoms with Crippen LogP contribution in [-0.2, 0) is 39.6 Å². The summed E-state index contributed by atoms with van der Waals surface area (Å²) < 4.78 is 34.7. The van der Waals surface area contributed by atoms with Gasteiger partial charge < -0.3 is 28.4 Å². The summed E-state index contributed by atoms with van der Waals surface area (Å²) in [5, 5.41) is 2.72. The molecule has 1 amide bonds. The number of anilines is 1. The maximum atomic E-state index is 12.6. The molecule has 1 aromatic rings. The van der Waals surface area contributed by atoms with E-state index >= 15 is 0 Å². The van der Waals surface area contributed by atoms with E-state index in [4.69, 9.17) is 23.7 Å². The Morgan fingerprint density at radius 3 is 2.32 bits per heavy atom. The maximum absolute atomic E-state index is 12.6. The summed E-state index contributed by atoms with van der Waals surface area (Å²) in [6, 6.07) is 6.92. The predicted octanol–water partition coefficient (Wildman–Crippen LogP) is 5.74. The number of unbranched alkanes of at least 4 members (excludes halogenated alkanes) is 7. The van der Waals surface area contributed by atoms with Crippen molar-refractivity contribution in [3.8, 4) is 0 Å². The van der Waals surface area contributed by atoms with Crippen molar-refractivity contribution < 1.29 is 38.0 Å². The van der Waals surface area contributed by atoms with Crippen LogP contribution in [0.25, 0.3) is 0 Å². The fourth-order valence-corrected chi connectivity index (χ4v) is 4.86. The highest BCUT2D eigenvalue weighted by atomic mass is 16.8. The zero-order valence-electron chi connectivity index (χ0n) is 23.5. The summed E-state index contributed by atoms with van der Waals surface area (Å²) in [4.78, 5) is 24.0. The molecule has 3 rings (SSSR count). The molecule has 38 heavy (non-hydrogen) atoms. The van der Waals surface area contributed by atoms with Gasteiger partial charge in [0.2, 0.25) is 0 Å². The van der Waals surface area contributed by atoms with Crippen molar-refractivity contribution in [3.05, 3.63) is 29.8 Å². The minimum atomic E-state index is -0.762. The summed E-state index contributed by atoms with van der Waals surface area (Å²) in [5.41, 5.74) is 1.34. The van der Waals surface area contributed by atoms with Gasteiger partial charge in [-0.3, -0.25) is 10.1 Å². The molecule has 0 spiro atoms. The van der Waals surface area contributed by atoms with Crippen LogP contribution in [0.15, 0.2) is 24.3 Å². The fraction of sp³-hybridized carbons (Fsp3) is 0.724. The normalized spacial score (nSPS) is 24.6. The molecule has 2 aliphatic rings. The maximum Gasteiger partial charge on any atom is 0.411 e. The van der Waals surface area contributed by atoms with Gasteiger partial charge in [-0.2, -0.15) is 0 Å². The van der Waals surface area contributed by atoms with Gasteiger partial charge in [-0.15, -0.1) is 0 Å². The Morgan fingerprint density at radius 2 is 1.66 bits per heavy atom. The van der Waals surface area contributed by atoms with Crippen molar-refractivity contribution in [1.82, 2.24) is 0 Å². The number of benzene rings is 1. The van der Waals surface area contributed by atoms with Gasteiger partial charge in [-0.05, 0) is 44.9 Å². The smallest absolute Gasteiger partial charge is 0.411 e. The minimum absolute atomic E-state index is 0.168. The first-order valence-corrected chi connectivity index (χ1v) is 14.0. The van der Waals surface area contributed by atoms with Crippen molar-refractivity contribution in [1.29, 1.82) is 0 Å². The monoisotopic (exact) mass is 535 g/mol. The lowest BCUT2D eigenvalue weighted by molar-refractivity contribution is -0.228. The second-order valence-electron chi connectivity index (χ2n) is 10.6. The molecule has 2 saturated heterocycles. The van der Waals surface area contributed by atoms with Gasteiger partial charge in [0.15, 0.2) is 12.1 Å². The first kappa shape index (κ1) is 30.3. The number of nitrogens with one attached hydrogen (secondary N) is 1. The number of carbonyl (C=O) groups is 2. The molecule has 214 valence electrons. The number of amides is 1. The number of esters is 1. The number of methoxy groups -OCH3 is 1. The van der Waals surface area contributed by atoms with Crippen molar-refractivity contribution in [2.24, 2.45) is 0 Å². The number of hydrogen-bond acceptors (Lipinski definition) is 8. The molecule has 0 saturated carbocycles. The second-order valence-corrected chi connectivity index (χ2v) is 10.6. The molecule has 0 bridgehead atoms. The molecule has 1 N–H and O–H groups in total. The van der Waals surface area contributed by atoms with Crippen LogP contribution in [0.1, 0.15) is 84.6 Å². The molecular weight excluding hydrogens is 490 g/mol. The number of ether oxygens (including phenoxy) is 6. The van der Waals surface area contributed by atoms with Crippen molar-refractivity contribution in [2.45, 2.75) is 122 Å². The van der Waals surface area contributed by atoms with E-state index < -0.39 is 36.5 Å². The lowest BCUT2D eigenvalue weighted by Crippen LogP contribution is -2.43. The number of carbonyl (C=O) groups excluding carboxylic acids is 2. The zero-order valence-corrected chi connectivity index (χ0v) is 23.5. The lowest BCUT2D eigenvalue weighted by Gasteiger charge is -2.29. The third-order valence-corrected chi connectivity index (χ3v) is 6.87. The standard InChI is InChI=1S/C29H45NO8/c1-6-7-8-9-10-11-12-13-18-34-25-24(36-27-26(25)37-29(3,4)38-27)20(2)35-28(32)30-22-16-14-21(15-17-22)19-23(31)33-5/h14-17,20,24-27H,6-13,18-19H2,1-5H3,(H,30,32)/t20-,24-,25+,26-,27-/m1/s1. The Labute approximate surface area is 226 Å². The summed E-state index contributed by atoms with van der Waals surface area (Å²) >= 11 is 0. The third kappa shape index (κ3) is 9.22. The van der Waals surface area contributed by atoms with Gasteiger partial charge >= 0.3 is 12.1 Å². The molecular formula is C29H45NO8. The van der Waals surface area contributed by atoms with E-state index in [1.54, 1.807) is 31.2 Å². The molecule has 0 aromatic heterocycles. The van der Waals surface area contributed by atoms with E-state index in [0.717, 1.165) is 18.4 Å². The molecule has 5 atom stereocenters. The van der Waals surface area contributed by atoms with Gasteiger partial charge in [0.25, 0.3) is 0 Å². The zero-order chi connectivity index (χ0) is 27.5. The summed E-state index contributed by atoms with van der Waals surface area (Å²) in [7, 11) is 1.35. The van der Waals surface area contributed by atoms with Crippen LogP contribution in [0.4, 0.5) is 10.5 Å². The SMILES string of the molecule is CCCCCCCCCCO[C@@H]1[C@H]2OC(C)(C)O[C@H]2O[C@@H]1[C@@H](C)OC(=O)Nc1ccc(CC(=O)OC)cc1. The van der Waals surface area contributed by atoms with E-state index in [2.05, 4.69) is 17.0 Å². The molecule has 2 aliphatic heterocycles. The number of rotatable bonds is 15. The summed E-state index contributed by atoms with van der Waals surface area (Å²) in [6.07, 6.45) is 6.80. The Balaban J connectivity index is 1.48. The fourth-order valence-electron chi connectivity index (χ4n) is 4.86. The van der Waals surface area contributed by atoms with Crippen LogP contribution in [0, 0.1) is 0 Å². The predicted molar refractivity (Wildman–Crippen MR) is 143 cm³/mol. The van der Waals surface area contributed by atoms with Crippen LogP contribution in [0.3, 0.4) is 0 Å². The van der Waals surface area contributed by atoms with Crippen LogP contribution >= 0.6 is 0 Å². The molecule has 9 nitrogen and oxygen atoms in total. The Bertz CT molecular complexity index is 874. The molecule has 9 heteroatoms. The number of hydrogen-bond donors (Lipinski definition) is 1. The molecule has 0 radical (unpaired) electrons. The van der Waals surface area contributed by atoms with Gasteiger partial charge in [0.05, 0.1) is 13.5 Å². The van der Waals surface area contributed by atoms with E-state index in [1.807, 2.05) is 13.8 Å². The number of fused-ring (bicyclic) bond motifs is 1. The molecule has 2 fully saturated rings. The molecule has 2 heterocycles. The highest BCUT2D eigenvalue weighted by Crippen LogP contribution is 2.40. The average Bonchev–Trinajstić information content (AvgIpc) is 3.35. The lowest BCUT2D eigenvalue weighted by atomic mass is 10.1. The van der Waals surface area contributed by atoms with Crippen LogP contribution < -0.4 is 5.32 Å². The highest BCUT2D eigenvalue weighted by molar-refractivity contribution is 5.84. The average molecular weight is 536 g/mol. The van der Waals surface area contributed by atoms with Gasteiger partial charge in [-0.25, -0.2) is 4.79 Å². The van der Waals surface area contributed by atoms with E-state index in [1.165, 1.54) is 45.6 Å². The van der Waals surface area contributed by atoms with E-state index in [-0.39, 0.29) is 18.5 Å². The third-order valence-electron chi connectivity index (χ3n) is 6.87. The Morgan fingerprint density at radius 1 is 1.00 bits per heavy atom. The van der Waals surface area contributed by atoms with Crippen LogP contribution in [0.5, 0.6) is 0 Å². The van der Waals surface area contributed by atoms with Gasteiger partial charge in [0, 0.05) is 12.3 Å². The second kappa shape index (κ2) is 14.8.